The van der Waals surface area contributed by atoms with Gasteiger partial charge >= 0.3 is 0 Å². The first kappa shape index (κ1) is 14.5. The van der Waals surface area contributed by atoms with Crippen molar-refractivity contribution in [1.29, 1.82) is 0 Å². The Morgan fingerprint density at radius 3 is 2.86 bits per heavy atom. The number of carbonyl (C=O) groups excluding carboxylic acids is 1. The molecule has 1 saturated carbocycles. The highest BCUT2D eigenvalue weighted by Crippen LogP contribution is 2.39. The minimum absolute atomic E-state index is 0.123. The fourth-order valence-corrected chi connectivity index (χ4v) is 2.78. The monoisotopic (exact) mass is 293 g/mol. The minimum Gasteiger partial charge on any atom is -0.374 e. The average molecular weight is 293 g/mol. The number of nitrogens with zero attached hydrogens (tertiary/aromatic N) is 3. The van der Waals surface area contributed by atoms with Crippen molar-refractivity contribution in [2.24, 2.45) is 5.92 Å². The third-order valence-corrected chi connectivity index (χ3v) is 4.05. The van der Waals surface area contributed by atoms with Gasteiger partial charge in [-0.25, -0.2) is 0 Å². The van der Waals surface area contributed by atoms with Gasteiger partial charge in [-0.2, -0.15) is 4.98 Å². The number of carbonyl (C=O) groups is 1. The summed E-state index contributed by atoms with van der Waals surface area (Å²) in [6, 6.07) is -0.259. The average Bonchev–Trinajstić information content (AvgIpc) is 3.16. The molecule has 0 aromatic carbocycles. The number of aromatic nitrogens is 2. The van der Waals surface area contributed by atoms with E-state index in [-0.39, 0.29) is 18.1 Å². The number of rotatable bonds is 4. The molecule has 0 radical (unpaired) electrons. The molecule has 1 aromatic heterocycles. The fourth-order valence-electron chi connectivity index (χ4n) is 2.78. The van der Waals surface area contributed by atoms with Gasteiger partial charge in [-0.3, -0.25) is 4.79 Å². The fraction of sp³-hybridized carbons (Fsp3) is 0.800. The largest absolute Gasteiger partial charge is 0.374 e. The Kier molecular flexibility index (Phi) is 3.97. The van der Waals surface area contributed by atoms with Crippen molar-refractivity contribution in [3.8, 4) is 0 Å². The summed E-state index contributed by atoms with van der Waals surface area (Å²) in [7, 11) is 0. The van der Waals surface area contributed by atoms with Crippen molar-refractivity contribution in [1.82, 2.24) is 15.0 Å². The molecule has 2 heterocycles. The second kappa shape index (κ2) is 5.75. The summed E-state index contributed by atoms with van der Waals surface area (Å²) in [6.45, 7) is 7.21. The third-order valence-electron chi connectivity index (χ3n) is 4.05. The summed E-state index contributed by atoms with van der Waals surface area (Å²) in [6.07, 6.45) is 2.67. The number of hydrogen-bond donors (Lipinski definition) is 0. The van der Waals surface area contributed by atoms with Crippen molar-refractivity contribution >= 4 is 5.91 Å². The van der Waals surface area contributed by atoms with Crippen LogP contribution in [0, 0.1) is 5.92 Å². The van der Waals surface area contributed by atoms with Crippen LogP contribution in [0.3, 0.4) is 0 Å². The summed E-state index contributed by atoms with van der Waals surface area (Å²) in [4.78, 5) is 18.8. The molecule has 1 saturated heterocycles. The first-order chi connectivity index (χ1) is 10.1. The van der Waals surface area contributed by atoms with Crippen LogP contribution in [-0.4, -0.2) is 40.2 Å². The summed E-state index contributed by atoms with van der Waals surface area (Å²) < 4.78 is 11.1. The number of ether oxygens (including phenoxy) is 1. The van der Waals surface area contributed by atoms with Gasteiger partial charge in [0.1, 0.15) is 6.04 Å². The molecule has 0 bridgehead atoms. The molecule has 1 aliphatic carbocycles. The van der Waals surface area contributed by atoms with Crippen molar-refractivity contribution in [2.45, 2.75) is 58.1 Å². The molecule has 6 nitrogen and oxygen atoms in total. The van der Waals surface area contributed by atoms with Crippen LogP contribution in [0.25, 0.3) is 0 Å². The lowest BCUT2D eigenvalue weighted by atomic mass is 10.0. The molecule has 1 aliphatic heterocycles. The number of morpholine rings is 1. The van der Waals surface area contributed by atoms with Crippen molar-refractivity contribution in [2.75, 3.05) is 13.2 Å². The number of hydrogen-bond acceptors (Lipinski definition) is 5. The van der Waals surface area contributed by atoms with Crippen molar-refractivity contribution < 1.29 is 14.1 Å². The lowest BCUT2D eigenvalue weighted by Gasteiger charge is -2.38. The van der Waals surface area contributed by atoms with Crippen molar-refractivity contribution in [3.05, 3.63) is 11.7 Å². The molecule has 2 atom stereocenters. The van der Waals surface area contributed by atoms with Crippen LogP contribution >= 0.6 is 0 Å². The lowest BCUT2D eigenvalue weighted by molar-refractivity contribution is -0.148. The summed E-state index contributed by atoms with van der Waals surface area (Å²) in [5, 5.41) is 4.06. The predicted molar refractivity (Wildman–Crippen MR) is 75.6 cm³/mol. The Labute approximate surface area is 124 Å². The molecule has 21 heavy (non-hydrogen) atoms. The second-order valence-corrected chi connectivity index (χ2v) is 6.47. The van der Waals surface area contributed by atoms with Crippen LogP contribution in [-0.2, 0) is 9.53 Å². The second-order valence-electron chi connectivity index (χ2n) is 6.47. The molecule has 0 spiro atoms. The summed E-state index contributed by atoms with van der Waals surface area (Å²) >= 11 is 0. The zero-order chi connectivity index (χ0) is 15.0. The highest BCUT2D eigenvalue weighted by Gasteiger charge is 2.39. The van der Waals surface area contributed by atoms with E-state index in [0.29, 0.717) is 37.3 Å². The van der Waals surface area contributed by atoms with Gasteiger partial charge in [0.2, 0.25) is 5.91 Å². The standard InChI is InChI=1S/C15H23N3O3/c1-9(2)8-12(19)18-6-7-20-10(3)13(18)15-16-14(17-21-15)11-4-5-11/h9-11,13H,4-8H2,1-3H3/t10-,13+/m1/s1. The van der Waals surface area contributed by atoms with Crippen molar-refractivity contribution in [3.63, 3.8) is 0 Å². The third kappa shape index (κ3) is 3.10. The number of amides is 1. The van der Waals surface area contributed by atoms with E-state index in [1.54, 1.807) is 0 Å². The zero-order valence-corrected chi connectivity index (χ0v) is 12.9. The minimum atomic E-state index is -0.259. The van der Waals surface area contributed by atoms with Gasteiger partial charge in [0.05, 0.1) is 12.7 Å². The molecule has 2 aliphatic rings. The van der Waals surface area contributed by atoms with Gasteiger partial charge < -0.3 is 14.2 Å². The molecular formula is C15H23N3O3. The van der Waals surface area contributed by atoms with Crippen LogP contribution in [0.2, 0.25) is 0 Å². The Hall–Kier alpha value is -1.43. The molecule has 0 unspecified atom stereocenters. The Balaban J connectivity index is 1.81. The Morgan fingerprint density at radius 1 is 1.43 bits per heavy atom. The summed E-state index contributed by atoms with van der Waals surface area (Å²) in [5.74, 6) is 2.21. The Bertz CT molecular complexity index is 510. The van der Waals surface area contributed by atoms with Gasteiger partial charge in [-0.1, -0.05) is 19.0 Å². The van der Waals surface area contributed by atoms with E-state index in [4.69, 9.17) is 9.26 Å². The van der Waals surface area contributed by atoms with Gasteiger partial charge in [0.15, 0.2) is 5.82 Å². The van der Waals surface area contributed by atoms with E-state index in [9.17, 15) is 4.79 Å². The maximum atomic E-state index is 12.5. The van der Waals surface area contributed by atoms with E-state index >= 15 is 0 Å². The molecule has 6 heteroatoms. The topological polar surface area (TPSA) is 68.5 Å². The Morgan fingerprint density at radius 2 is 2.19 bits per heavy atom. The quantitative estimate of drug-likeness (QED) is 0.852. The van der Waals surface area contributed by atoms with Crippen LogP contribution in [0.5, 0.6) is 0 Å². The van der Waals surface area contributed by atoms with E-state index in [2.05, 4.69) is 24.0 Å². The van der Waals surface area contributed by atoms with Gasteiger partial charge in [-0.15, -0.1) is 0 Å². The molecule has 1 aromatic rings. The first-order valence-corrected chi connectivity index (χ1v) is 7.81. The van der Waals surface area contributed by atoms with Gasteiger partial charge in [0, 0.05) is 18.9 Å². The van der Waals surface area contributed by atoms with Crippen LogP contribution in [0.15, 0.2) is 4.52 Å². The predicted octanol–water partition coefficient (Wildman–Crippen LogP) is 2.28. The molecule has 116 valence electrons. The highest BCUT2D eigenvalue weighted by molar-refractivity contribution is 5.77. The maximum Gasteiger partial charge on any atom is 0.252 e. The van der Waals surface area contributed by atoms with Crippen LogP contribution < -0.4 is 0 Å². The van der Waals surface area contributed by atoms with E-state index in [0.717, 1.165) is 18.7 Å². The van der Waals surface area contributed by atoms with E-state index < -0.39 is 0 Å². The highest BCUT2D eigenvalue weighted by atomic mass is 16.5. The van der Waals surface area contributed by atoms with Crippen LogP contribution in [0.1, 0.15) is 63.7 Å². The zero-order valence-electron chi connectivity index (χ0n) is 12.9. The maximum absolute atomic E-state index is 12.5. The SMILES string of the molecule is CC(C)CC(=O)N1CCO[C@H](C)[C@H]1c1nc(C2CC2)no1. The molecule has 3 rings (SSSR count). The smallest absolute Gasteiger partial charge is 0.252 e. The summed E-state index contributed by atoms with van der Waals surface area (Å²) in [5.41, 5.74) is 0. The molecule has 1 amide bonds. The molecular weight excluding hydrogens is 270 g/mol. The van der Waals surface area contributed by atoms with Gasteiger partial charge in [0.25, 0.3) is 5.89 Å². The normalized spacial score (nSPS) is 26.4. The van der Waals surface area contributed by atoms with E-state index in [1.165, 1.54) is 0 Å². The van der Waals surface area contributed by atoms with E-state index in [1.807, 2.05) is 11.8 Å². The molecule has 2 fully saturated rings. The first-order valence-electron chi connectivity index (χ1n) is 7.81. The van der Waals surface area contributed by atoms with Gasteiger partial charge in [-0.05, 0) is 25.7 Å². The van der Waals surface area contributed by atoms with Crippen LogP contribution in [0.4, 0.5) is 0 Å². The lowest BCUT2D eigenvalue weighted by Crippen LogP contribution is -2.47. The molecule has 0 N–H and O–H groups in total.